The molecule has 0 saturated heterocycles. The van der Waals surface area contributed by atoms with Crippen molar-refractivity contribution in [2.24, 2.45) is 0 Å². The smallest absolute Gasteiger partial charge is 0.282 e. The van der Waals surface area contributed by atoms with Crippen LogP contribution in [0, 0.1) is 12.7 Å². The molecule has 2 aromatic rings. The quantitative estimate of drug-likeness (QED) is 0.901. The van der Waals surface area contributed by atoms with Crippen LogP contribution in [0.1, 0.15) is 33.9 Å². The van der Waals surface area contributed by atoms with Gasteiger partial charge in [-0.15, -0.1) is 10.2 Å². The van der Waals surface area contributed by atoms with Crippen molar-refractivity contribution in [3.8, 4) is 0 Å². The average molecular weight is 280 g/mol. The molecule has 1 atom stereocenters. The Bertz CT molecular complexity index is 614. The second kappa shape index (κ2) is 5.31. The Kier molecular flexibility index (Phi) is 3.75. The number of aryl methyl sites for hydroxylation is 1. The van der Waals surface area contributed by atoms with E-state index in [9.17, 15) is 9.18 Å². The zero-order valence-electron chi connectivity index (χ0n) is 10.5. The van der Waals surface area contributed by atoms with E-state index in [1.54, 1.807) is 26.0 Å². The molecule has 1 aromatic carbocycles. The lowest BCUT2D eigenvalue weighted by Crippen LogP contribution is -2.26. The molecule has 7 heteroatoms. The summed E-state index contributed by atoms with van der Waals surface area (Å²) < 4.78 is 13.5. The van der Waals surface area contributed by atoms with Crippen LogP contribution in [0.4, 0.5) is 9.52 Å². The molecule has 0 aliphatic carbocycles. The van der Waals surface area contributed by atoms with Gasteiger partial charge in [0.25, 0.3) is 5.91 Å². The van der Waals surface area contributed by atoms with Crippen LogP contribution in [0.2, 0.25) is 0 Å². The number of carbonyl (C=O) groups is 1. The summed E-state index contributed by atoms with van der Waals surface area (Å²) in [6.07, 6.45) is 0. The van der Waals surface area contributed by atoms with Crippen LogP contribution in [0.5, 0.6) is 0 Å². The summed E-state index contributed by atoms with van der Waals surface area (Å²) in [5.41, 5.74) is 6.67. The van der Waals surface area contributed by atoms with E-state index >= 15 is 0 Å². The van der Waals surface area contributed by atoms with Gasteiger partial charge in [-0.3, -0.25) is 4.79 Å². The van der Waals surface area contributed by atoms with Gasteiger partial charge >= 0.3 is 0 Å². The molecule has 19 heavy (non-hydrogen) atoms. The third kappa shape index (κ3) is 3.05. The number of nitrogens with one attached hydrogen (secondary N) is 1. The van der Waals surface area contributed by atoms with Gasteiger partial charge in [-0.2, -0.15) is 0 Å². The molecule has 0 saturated carbocycles. The van der Waals surface area contributed by atoms with E-state index < -0.39 is 0 Å². The lowest BCUT2D eigenvalue weighted by atomic mass is 10.1. The number of carbonyl (C=O) groups excluding carboxylic acids is 1. The Hall–Kier alpha value is -2.02. The molecule has 1 amide bonds. The topological polar surface area (TPSA) is 80.9 Å². The first-order valence-electron chi connectivity index (χ1n) is 5.63. The van der Waals surface area contributed by atoms with Crippen molar-refractivity contribution >= 4 is 22.4 Å². The zero-order valence-corrected chi connectivity index (χ0v) is 11.3. The lowest BCUT2D eigenvalue weighted by molar-refractivity contribution is 0.0938. The Morgan fingerprint density at radius 3 is 2.79 bits per heavy atom. The van der Waals surface area contributed by atoms with Gasteiger partial charge < -0.3 is 11.1 Å². The number of hydrogen-bond donors (Lipinski definition) is 2. The number of hydrogen-bond acceptors (Lipinski definition) is 5. The van der Waals surface area contributed by atoms with Crippen molar-refractivity contribution in [3.63, 3.8) is 0 Å². The van der Waals surface area contributed by atoms with Crippen molar-refractivity contribution in [2.45, 2.75) is 19.9 Å². The van der Waals surface area contributed by atoms with Crippen molar-refractivity contribution in [1.82, 2.24) is 15.5 Å². The number of nitrogens with two attached hydrogens (primary N) is 1. The molecule has 0 aliphatic rings. The maximum atomic E-state index is 13.5. The summed E-state index contributed by atoms with van der Waals surface area (Å²) >= 11 is 1.01. The fraction of sp³-hybridized carbons (Fsp3) is 0.250. The van der Waals surface area contributed by atoms with Crippen molar-refractivity contribution in [2.75, 3.05) is 5.73 Å². The van der Waals surface area contributed by atoms with Crippen LogP contribution in [0.3, 0.4) is 0 Å². The van der Waals surface area contributed by atoms with Gasteiger partial charge in [0.1, 0.15) is 5.82 Å². The molecule has 1 unspecified atom stereocenters. The number of benzene rings is 1. The van der Waals surface area contributed by atoms with Gasteiger partial charge in [-0.05, 0) is 31.0 Å². The molecule has 100 valence electrons. The summed E-state index contributed by atoms with van der Waals surface area (Å²) in [6, 6.07) is 4.54. The first-order chi connectivity index (χ1) is 8.97. The minimum atomic E-state index is -0.373. The van der Waals surface area contributed by atoms with E-state index in [2.05, 4.69) is 15.5 Å². The van der Waals surface area contributed by atoms with Crippen molar-refractivity contribution in [3.05, 3.63) is 40.2 Å². The average Bonchev–Trinajstić information content (AvgIpc) is 2.79. The van der Waals surface area contributed by atoms with Crippen LogP contribution in [0.15, 0.2) is 18.2 Å². The molecule has 2 rings (SSSR count). The summed E-state index contributed by atoms with van der Waals surface area (Å²) in [7, 11) is 0. The maximum absolute atomic E-state index is 13.5. The van der Waals surface area contributed by atoms with Crippen molar-refractivity contribution in [1.29, 1.82) is 0 Å². The molecule has 0 aliphatic heterocycles. The van der Waals surface area contributed by atoms with Gasteiger partial charge in [0.2, 0.25) is 10.1 Å². The highest BCUT2D eigenvalue weighted by Gasteiger charge is 2.16. The SMILES string of the molecule is Cc1ccc(C(C)NC(=O)c2nnc(N)s2)cc1F. The molecule has 3 N–H and O–H groups in total. The molecule has 0 radical (unpaired) electrons. The number of anilines is 1. The molecule has 0 spiro atoms. The van der Waals surface area contributed by atoms with E-state index in [0.29, 0.717) is 11.1 Å². The molecule has 0 fully saturated rings. The highest BCUT2D eigenvalue weighted by Crippen LogP contribution is 2.18. The molecule has 1 heterocycles. The maximum Gasteiger partial charge on any atom is 0.282 e. The number of nitrogen functional groups attached to an aromatic ring is 1. The molecule has 0 bridgehead atoms. The van der Waals surface area contributed by atoms with E-state index in [1.165, 1.54) is 6.07 Å². The first kappa shape index (κ1) is 13.4. The van der Waals surface area contributed by atoms with E-state index in [4.69, 9.17) is 5.73 Å². The van der Waals surface area contributed by atoms with Crippen molar-refractivity contribution < 1.29 is 9.18 Å². The first-order valence-corrected chi connectivity index (χ1v) is 6.45. The molecule has 5 nitrogen and oxygen atoms in total. The predicted molar refractivity (Wildman–Crippen MR) is 71.3 cm³/mol. The van der Waals surface area contributed by atoms with Gasteiger partial charge in [-0.25, -0.2) is 4.39 Å². The van der Waals surface area contributed by atoms with E-state index in [0.717, 1.165) is 11.3 Å². The van der Waals surface area contributed by atoms with Crippen LogP contribution >= 0.6 is 11.3 Å². The fourth-order valence-corrected chi connectivity index (χ4v) is 2.06. The fourth-order valence-electron chi connectivity index (χ4n) is 1.55. The van der Waals surface area contributed by atoms with Gasteiger partial charge in [-0.1, -0.05) is 23.5 Å². The molecular weight excluding hydrogens is 267 g/mol. The highest BCUT2D eigenvalue weighted by molar-refractivity contribution is 7.16. The number of amides is 1. The third-order valence-corrected chi connectivity index (χ3v) is 3.43. The predicted octanol–water partition coefficient (Wildman–Crippen LogP) is 2.06. The van der Waals surface area contributed by atoms with E-state index in [1.807, 2.05) is 0 Å². The normalized spacial score (nSPS) is 12.2. The second-order valence-corrected chi connectivity index (χ2v) is 5.16. The Labute approximate surface area is 113 Å². The van der Waals surface area contributed by atoms with E-state index in [-0.39, 0.29) is 27.9 Å². The number of rotatable bonds is 3. The molecular formula is C12H13FN4OS. The number of nitrogens with zero attached hydrogens (tertiary/aromatic N) is 2. The zero-order chi connectivity index (χ0) is 14.0. The monoisotopic (exact) mass is 280 g/mol. The van der Waals surface area contributed by atoms with Gasteiger partial charge in [0.05, 0.1) is 6.04 Å². The van der Waals surface area contributed by atoms with Crippen LogP contribution in [0.25, 0.3) is 0 Å². The summed E-state index contributed by atoms with van der Waals surface area (Å²) in [5, 5.41) is 10.4. The Morgan fingerprint density at radius 2 is 2.21 bits per heavy atom. The summed E-state index contributed by atoms with van der Waals surface area (Å²) in [4.78, 5) is 11.8. The highest BCUT2D eigenvalue weighted by atomic mass is 32.1. The van der Waals surface area contributed by atoms with Crippen LogP contribution < -0.4 is 11.1 Å². The van der Waals surface area contributed by atoms with Crippen LogP contribution in [-0.2, 0) is 0 Å². The van der Waals surface area contributed by atoms with Gasteiger partial charge in [0, 0.05) is 0 Å². The lowest BCUT2D eigenvalue weighted by Gasteiger charge is -2.13. The minimum Gasteiger partial charge on any atom is -0.374 e. The Morgan fingerprint density at radius 1 is 1.47 bits per heavy atom. The van der Waals surface area contributed by atoms with Gasteiger partial charge in [0.15, 0.2) is 0 Å². The molecule has 1 aromatic heterocycles. The van der Waals surface area contributed by atoms with Crippen LogP contribution in [-0.4, -0.2) is 16.1 Å². The summed E-state index contributed by atoms with van der Waals surface area (Å²) in [6.45, 7) is 3.46. The Balaban J connectivity index is 2.10. The number of halogens is 1. The minimum absolute atomic E-state index is 0.192. The third-order valence-electron chi connectivity index (χ3n) is 2.68. The standard InChI is InChI=1S/C12H13FN4OS/c1-6-3-4-8(5-9(6)13)7(2)15-10(18)11-16-17-12(14)19-11/h3-5,7H,1-2H3,(H2,14,17)(H,15,18). The second-order valence-electron chi connectivity index (χ2n) is 4.15. The largest absolute Gasteiger partial charge is 0.374 e. The number of aromatic nitrogens is 2. The summed E-state index contributed by atoms with van der Waals surface area (Å²) in [5.74, 6) is -0.665.